The Balaban J connectivity index is 1.58. The summed E-state index contributed by atoms with van der Waals surface area (Å²) in [4.78, 5) is 9.12. The highest BCUT2D eigenvalue weighted by atomic mass is 16.5. The predicted molar refractivity (Wildman–Crippen MR) is 89.5 cm³/mol. The molecule has 0 radical (unpaired) electrons. The van der Waals surface area contributed by atoms with Crippen molar-refractivity contribution in [3.63, 3.8) is 0 Å². The van der Waals surface area contributed by atoms with E-state index in [1.54, 1.807) is 0 Å². The van der Waals surface area contributed by atoms with Crippen LogP contribution in [0.1, 0.15) is 32.1 Å². The molecule has 1 aromatic heterocycles. The summed E-state index contributed by atoms with van der Waals surface area (Å²) in [5.41, 5.74) is 1.75. The Kier molecular flexibility index (Phi) is 5.06. The summed E-state index contributed by atoms with van der Waals surface area (Å²) in [7, 11) is 1.84. The summed E-state index contributed by atoms with van der Waals surface area (Å²) < 4.78 is 5.86. The van der Waals surface area contributed by atoms with Crippen molar-refractivity contribution in [1.29, 1.82) is 0 Å². The number of piperidine rings is 1. The average Bonchev–Trinajstić information content (AvgIpc) is 2.59. The molecular weight excluding hydrogens is 276 g/mol. The minimum absolute atomic E-state index is 0.595. The van der Waals surface area contributed by atoms with Gasteiger partial charge in [-0.3, -0.25) is 0 Å². The van der Waals surface area contributed by atoms with E-state index in [4.69, 9.17) is 4.74 Å². The van der Waals surface area contributed by atoms with E-state index >= 15 is 0 Å². The largest absolute Gasteiger partial charge is 0.475 e. The van der Waals surface area contributed by atoms with Crippen LogP contribution in [0.15, 0.2) is 24.3 Å². The zero-order chi connectivity index (χ0) is 15.2. The van der Waals surface area contributed by atoms with Crippen LogP contribution in [0.2, 0.25) is 0 Å². The van der Waals surface area contributed by atoms with Crippen molar-refractivity contribution < 1.29 is 4.74 Å². The second kappa shape index (κ2) is 7.40. The van der Waals surface area contributed by atoms with Crippen LogP contribution in [0.4, 0.5) is 5.82 Å². The van der Waals surface area contributed by atoms with Crippen LogP contribution in [0.25, 0.3) is 11.0 Å². The van der Waals surface area contributed by atoms with Crippen LogP contribution < -0.4 is 15.4 Å². The maximum Gasteiger partial charge on any atom is 0.258 e. The third-order valence-electron chi connectivity index (χ3n) is 4.12. The van der Waals surface area contributed by atoms with Gasteiger partial charge in [0.05, 0.1) is 17.6 Å². The second-order valence-electron chi connectivity index (χ2n) is 5.75. The Morgan fingerprint density at radius 1 is 1.23 bits per heavy atom. The highest BCUT2D eigenvalue weighted by molar-refractivity contribution is 5.77. The van der Waals surface area contributed by atoms with E-state index in [1.165, 1.54) is 19.3 Å². The molecule has 5 heteroatoms. The van der Waals surface area contributed by atoms with Crippen LogP contribution >= 0.6 is 0 Å². The minimum Gasteiger partial charge on any atom is -0.475 e. The number of benzene rings is 1. The summed E-state index contributed by atoms with van der Waals surface area (Å²) in [5, 5.41) is 6.64. The van der Waals surface area contributed by atoms with E-state index in [9.17, 15) is 0 Å². The standard InChI is InChI=1S/C17H24N4O/c1-18-16-17(21-15-10-3-2-9-14(15)20-16)22-12-6-8-13-7-4-5-11-19-13/h2-3,9-10,13,19H,4-8,11-12H2,1H3,(H,18,20)/t13-/m1/s1. The molecule has 0 amide bonds. The van der Waals surface area contributed by atoms with Crippen LogP contribution in [0, 0.1) is 0 Å². The predicted octanol–water partition coefficient (Wildman–Crippen LogP) is 2.97. The molecule has 1 fully saturated rings. The van der Waals surface area contributed by atoms with Gasteiger partial charge in [0.25, 0.3) is 5.88 Å². The lowest BCUT2D eigenvalue weighted by atomic mass is 10.0. The summed E-state index contributed by atoms with van der Waals surface area (Å²) in [6.07, 6.45) is 6.15. The van der Waals surface area contributed by atoms with Gasteiger partial charge in [-0.1, -0.05) is 18.6 Å². The quantitative estimate of drug-likeness (QED) is 0.803. The second-order valence-corrected chi connectivity index (χ2v) is 5.75. The van der Waals surface area contributed by atoms with Crippen LogP contribution in [-0.2, 0) is 0 Å². The Bertz CT molecular complexity index is 611. The lowest BCUT2D eigenvalue weighted by molar-refractivity contribution is 0.278. The smallest absolute Gasteiger partial charge is 0.258 e. The number of ether oxygens (including phenoxy) is 1. The van der Waals surface area contributed by atoms with Gasteiger partial charge in [0.1, 0.15) is 0 Å². The molecule has 118 valence electrons. The Morgan fingerprint density at radius 3 is 2.77 bits per heavy atom. The summed E-state index contributed by atoms with van der Waals surface area (Å²) in [6, 6.07) is 8.51. The molecule has 2 heterocycles. The molecule has 1 saturated heterocycles. The molecule has 1 aliphatic heterocycles. The molecule has 0 aliphatic carbocycles. The van der Waals surface area contributed by atoms with Crippen LogP contribution in [0.5, 0.6) is 5.88 Å². The van der Waals surface area contributed by atoms with E-state index in [2.05, 4.69) is 20.6 Å². The van der Waals surface area contributed by atoms with Gasteiger partial charge in [0.15, 0.2) is 5.82 Å². The first-order valence-electron chi connectivity index (χ1n) is 8.17. The average molecular weight is 300 g/mol. The van der Waals surface area contributed by atoms with Crippen molar-refractivity contribution in [2.24, 2.45) is 0 Å². The monoisotopic (exact) mass is 300 g/mol. The summed E-state index contributed by atoms with van der Waals surface area (Å²) in [6.45, 7) is 1.84. The third kappa shape index (κ3) is 3.65. The Morgan fingerprint density at radius 2 is 2.05 bits per heavy atom. The van der Waals surface area contributed by atoms with E-state index in [0.717, 1.165) is 30.4 Å². The molecule has 5 nitrogen and oxygen atoms in total. The Labute approximate surface area is 131 Å². The van der Waals surface area contributed by atoms with Gasteiger partial charge < -0.3 is 15.4 Å². The maximum atomic E-state index is 5.86. The molecule has 0 unspecified atom stereocenters. The van der Waals surface area contributed by atoms with Crippen molar-refractivity contribution in [2.45, 2.75) is 38.1 Å². The first-order chi connectivity index (χ1) is 10.9. The van der Waals surface area contributed by atoms with Gasteiger partial charge in [-0.25, -0.2) is 9.97 Å². The molecule has 0 bridgehead atoms. The lowest BCUT2D eigenvalue weighted by Crippen LogP contribution is -2.34. The number of aromatic nitrogens is 2. The van der Waals surface area contributed by atoms with Crippen molar-refractivity contribution in [1.82, 2.24) is 15.3 Å². The topological polar surface area (TPSA) is 59.1 Å². The van der Waals surface area contributed by atoms with Crippen molar-refractivity contribution in [3.05, 3.63) is 24.3 Å². The van der Waals surface area contributed by atoms with E-state index in [0.29, 0.717) is 24.3 Å². The minimum atomic E-state index is 0.595. The van der Waals surface area contributed by atoms with E-state index < -0.39 is 0 Å². The summed E-state index contributed by atoms with van der Waals surface area (Å²) in [5.74, 6) is 1.30. The van der Waals surface area contributed by atoms with E-state index in [1.807, 2.05) is 31.3 Å². The molecule has 1 atom stereocenters. The molecule has 1 aliphatic rings. The highest BCUT2D eigenvalue weighted by Crippen LogP contribution is 2.23. The summed E-state index contributed by atoms with van der Waals surface area (Å²) >= 11 is 0. The number of rotatable bonds is 6. The molecule has 0 saturated carbocycles. The fraction of sp³-hybridized carbons (Fsp3) is 0.529. The fourth-order valence-electron chi connectivity index (χ4n) is 2.92. The van der Waals surface area contributed by atoms with E-state index in [-0.39, 0.29) is 0 Å². The van der Waals surface area contributed by atoms with Crippen molar-refractivity contribution >= 4 is 16.9 Å². The number of fused-ring (bicyclic) bond motifs is 1. The Hall–Kier alpha value is -1.88. The number of nitrogens with zero attached hydrogens (tertiary/aromatic N) is 2. The zero-order valence-corrected chi connectivity index (χ0v) is 13.1. The van der Waals surface area contributed by atoms with Crippen LogP contribution in [0.3, 0.4) is 0 Å². The fourth-order valence-corrected chi connectivity index (χ4v) is 2.92. The molecule has 2 aromatic rings. The molecule has 1 aromatic carbocycles. The van der Waals surface area contributed by atoms with Gasteiger partial charge in [-0.05, 0) is 44.4 Å². The molecule has 22 heavy (non-hydrogen) atoms. The number of anilines is 1. The van der Waals surface area contributed by atoms with Gasteiger partial charge in [0.2, 0.25) is 0 Å². The maximum absolute atomic E-state index is 5.86. The molecule has 0 spiro atoms. The highest BCUT2D eigenvalue weighted by Gasteiger charge is 2.13. The normalized spacial score (nSPS) is 18.3. The SMILES string of the molecule is CNc1nc2ccccc2nc1OCCC[C@H]1CCCCN1. The molecule has 3 rings (SSSR count). The number of para-hydroxylation sites is 2. The lowest BCUT2D eigenvalue weighted by Gasteiger charge is -2.23. The first kappa shape index (κ1) is 15.0. The van der Waals surface area contributed by atoms with Crippen LogP contribution in [-0.4, -0.2) is 36.2 Å². The third-order valence-corrected chi connectivity index (χ3v) is 4.12. The zero-order valence-electron chi connectivity index (χ0n) is 13.1. The van der Waals surface area contributed by atoms with Gasteiger partial charge in [0, 0.05) is 13.1 Å². The number of hydrogen-bond donors (Lipinski definition) is 2. The van der Waals surface area contributed by atoms with Crippen molar-refractivity contribution in [3.8, 4) is 5.88 Å². The van der Waals surface area contributed by atoms with Crippen molar-refractivity contribution in [2.75, 3.05) is 25.5 Å². The number of nitrogens with one attached hydrogen (secondary N) is 2. The van der Waals surface area contributed by atoms with Gasteiger partial charge in [-0.15, -0.1) is 0 Å². The molecular formula is C17H24N4O. The first-order valence-corrected chi connectivity index (χ1v) is 8.17. The molecule has 2 N–H and O–H groups in total. The number of hydrogen-bond acceptors (Lipinski definition) is 5. The van der Waals surface area contributed by atoms with Gasteiger partial charge in [-0.2, -0.15) is 0 Å². The van der Waals surface area contributed by atoms with Gasteiger partial charge >= 0.3 is 0 Å².